The van der Waals surface area contributed by atoms with Gasteiger partial charge in [0.15, 0.2) is 0 Å². The molecule has 0 saturated carbocycles. The maximum atomic E-state index is 12.1. The summed E-state index contributed by atoms with van der Waals surface area (Å²) in [6.07, 6.45) is 2.93. The number of benzene rings is 1. The second-order valence-electron chi connectivity index (χ2n) is 4.99. The Morgan fingerprint density at radius 2 is 2.04 bits per heavy atom. The van der Waals surface area contributed by atoms with Crippen LogP contribution in [-0.2, 0) is 6.54 Å². The smallest absolute Gasteiger partial charge is 0.270 e. The molecule has 6 nitrogen and oxygen atoms in total. The summed E-state index contributed by atoms with van der Waals surface area (Å²) < 4.78 is 5.18. The number of aryl methyl sites for hydroxylation is 1. The fourth-order valence-corrected chi connectivity index (χ4v) is 2.07. The van der Waals surface area contributed by atoms with Crippen LogP contribution in [0.5, 0.6) is 0 Å². The van der Waals surface area contributed by atoms with Crippen LogP contribution in [0.3, 0.4) is 0 Å². The van der Waals surface area contributed by atoms with E-state index in [-0.39, 0.29) is 5.91 Å². The quantitative estimate of drug-likeness (QED) is 0.757. The topological polar surface area (TPSA) is 80.0 Å². The first kappa shape index (κ1) is 14.8. The molecule has 0 bridgehead atoms. The zero-order valence-electron chi connectivity index (χ0n) is 12.6. The van der Waals surface area contributed by atoms with E-state index in [1.54, 1.807) is 24.5 Å². The molecule has 2 aromatic heterocycles. The molecular formula is C17H16N4O2. The lowest BCUT2D eigenvalue weighted by Gasteiger charge is -2.09. The highest BCUT2D eigenvalue weighted by molar-refractivity contribution is 5.92. The Bertz CT molecular complexity index is 800. The van der Waals surface area contributed by atoms with Gasteiger partial charge < -0.3 is 15.1 Å². The van der Waals surface area contributed by atoms with Gasteiger partial charge in [-0.25, -0.2) is 9.97 Å². The summed E-state index contributed by atoms with van der Waals surface area (Å²) in [5, 5.41) is 5.94. The number of nitrogens with one attached hydrogen (secondary N) is 2. The largest absolute Gasteiger partial charge is 0.467 e. The molecular weight excluding hydrogens is 292 g/mol. The molecule has 0 atom stereocenters. The molecule has 1 aromatic carbocycles. The molecule has 0 fully saturated rings. The van der Waals surface area contributed by atoms with Crippen molar-refractivity contribution < 1.29 is 9.21 Å². The van der Waals surface area contributed by atoms with Gasteiger partial charge in [0.2, 0.25) is 0 Å². The Labute approximate surface area is 133 Å². The first-order chi connectivity index (χ1) is 11.2. The first-order valence-electron chi connectivity index (χ1n) is 7.17. The van der Waals surface area contributed by atoms with E-state index in [4.69, 9.17) is 4.42 Å². The van der Waals surface area contributed by atoms with Crippen molar-refractivity contribution in [1.29, 1.82) is 0 Å². The van der Waals surface area contributed by atoms with Gasteiger partial charge in [0.25, 0.3) is 5.91 Å². The monoisotopic (exact) mass is 308 g/mol. The van der Waals surface area contributed by atoms with Crippen LogP contribution in [0, 0.1) is 6.92 Å². The Hall–Kier alpha value is -3.15. The molecule has 0 radical (unpaired) electrons. The number of aromatic nitrogens is 2. The number of carbonyl (C=O) groups is 1. The van der Waals surface area contributed by atoms with Crippen LogP contribution in [0.1, 0.15) is 21.8 Å². The van der Waals surface area contributed by atoms with E-state index in [0.29, 0.717) is 23.8 Å². The van der Waals surface area contributed by atoms with Gasteiger partial charge in [-0.2, -0.15) is 0 Å². The Morgan fingerprint density at radius 1 is 1.17 bits per heavy atom. The van der Waals surface area contributed by atoms with Gasteiger partial charge in [0.1, 0.15) is 23.6 Å². The van der Waals surface area contributed by atoms with E-state index in [9.17, 15) is 4.79 Å². The molecule has 1 amide bonds. The number of hydrogen-bond donors (Lipinski definition) is 2. The normalized spacial score (nSPS) is 10.3. The van der Waals surface area contributed by atoms with Crippen molar-refractivity contribution in [1.82, 2.24) is 15.3 Å². The third-order valence-corrected chi connectivity index (χ3v) is 3.31. The van der Waals surface area contributed by atoms with Crippen molar-refractivity contribution in [3.63, 3.8) is 0 Å². The lowest BCUT2D eigenvalue weighted by atomic mass is 10.2. The SMILES string of the molecule is Cc1ccccc1Nc1cc(C(=O)NCc2ccco2)ncn1. The Kier molecular flexibility index (Phi) is 4.33. The van der Waals surface area contributed by atoms with Gasteiger partial charge in [0.05, 0.1) is 12.8 Å². The predicted octanol–water partition coefficient (Wildman–Crippen LogP) is 3.05. The zero-order valence-corrected chi connectivity index (χ0v) is 12.6. The lowest BCUT2D eigenvalue weighted by Crippen LogP contribution is -2.23. The third-order valence-electron chi connectivity index (χ3n) is 3.31. The summed E-state index contributed by atoms with van der Waals surface area (Å²) in [6.45, 7) is 2.32. The van der Waals surface area contributed by atoms with Crippen LogP contribution in [0.25, 0.3) is 0 Å². The highest BCUT2D eigenvalue weighted by atomic mass is 16.3. The Morgan fingerprint density at radius 3 is 2.83 bits per heavy atom. The summed E-state index contributed by atoms with van der Waals surface area (Å²) in [4.78, 5) is 20.3. The number of nitrogens with zero attached hydrogens (tertiary/aromatic N) is 2. The average Bonchev–Trinajstić information content (AvgIpc) is 3.08. The maximum Gasteiger partial charge on any atom is 0.270 e. The first-order valence-corrected chi connectivity index (χ1v) is 7.17. The second kappa shape index (κ2) is 6.74. The van der Waals surface area contributed by atoms with Gasteiger partial charge in [-0.1, -0.05) is 18.2 Å². The van der Waals surface area contributed by atoms with Crippen LogP contribution in [-0.4, -0.2) is 15.9 Å². The van der Waals surface area contributed by atoms with Gasteiger partial charge in [-0.15, -0.1) is 0 Å². The summed E-state index contributed by atoms with van der Waals surface area (Å²) in [7, 11) is 0. The molecule has 2 heterocycles. The van der Waals surface area contributed by atoms with Crippen molar-refractivity contribution in [2.75, 3.05) is 5.32 Å². The van der Waals surface area contributed by atoms with Crippen LogP contribution >= 0.6 is 0 Å². The van der Waals surface area contributed by atoms with Gasteiger partial charge >= 0.3 is 0 Å². The van der Waals surface area contributed by atoms with Crippen molar-refractivity contribution in [2.24, 2.45) is 0 Å². The molecule has 116 valence electrons. The minimum absolute atomic E-state index is 0.281. The highest BCUT2D eigenvalue weighted by Gasteiger charge is 2.09. The van der Waals surface area contributed by atoms with Crippen molar-refractivity contribution in [3.05, 3.63) is 72.1 Å². The molecule has 23 heavy (non-hydrogen) atoms. The molecule has 3 aromatic rings. The molecule has 0 saturated heterocycles. The number of anilines is 2. The van der Waals surface area contributed by atoms with Gasteiger partial charge in [-0.3, -0.25) is 4.79 Å². The van der Waals surface area contributed by atoms with Crippen LogP contribution in [0.2, 0.25) is 0 Å². The Balaban J connectivity index is 1.69. The van der Waals surface area contributed by atoms with E-state index < -0.39 is 0 Å². The van der Waals surface area contributed by atoms with E-state index in [1.165, 1.54) is 6.33 Å². The van der Waals surface area contributed by atoms with E-state index in [0.717, 1.165) is 11.3 Å². The van der Waals surface area contributed by atoms with Gasteiger partial charge in [-0.05, 0) is 30.7 Å². The van der Waals surface area contributed by atoms with Gasteiger partial charge in [0, 0.05) is 11.8 Å². The molecule has 0 unspecified atom stereocenters. The van der Waals surface area contributed by atoms with Crippen molar-refractivity contribution >= 4 is 17.4 Å². The summed E-state index contributed by atoms with van der Waals surface area (Å²) in [5.41, 5.74) is 2.32. The van der Waals surface area contributed by atoms with Crippen molar-refractivity contribution in [2.45, 2.75) is 13.5 Å². The molecule has 0 aliphatic rings. The van der Waals surface area contributed by atoms with Crippen LogP contribution in [0.4, 0.5) is 11.5 Å². The number of carbonyl (C=O) groups excluding carboxylic acids is 1. The zero-order chi connectivity index (χ0) is 16.1. The number of para-hydroxylation sites is 1. The number of hydrogen-bond acceptors (Lipinski definition) is 5. The predicted molar refractivity (Wildman–Crippen MR) is 86.4 cm³/mol. The van der Waals surface area contributed by atoms with E-state index >= 15 is 0 Å². The van der Waals surface area contributed by atoms with Crippen LogP contribution < -0.4 is 10.6 Å². The van der Waals surface area contributed by atoms with E-state index in [1.807, 2.05) is 31.2 Å². The summed E-state index contributed by atoms with van der Waals surface area (Å²) in [5.74, 6) is 0.972. The van der Waals surface area contributed by atoms with E-state index in [2.05, 4.69) is 20.6 Å². The summed E-state index contributed by atoms with van der Waals surface area (Å²) in [6, 6.07) is 13.0. The number of amides is 1. The molecule has 2 N–H and O–H groups in total. The minimum Gasteiger partial charge on any atom is -0.467 e. The fraction of sp³-hybridized carbons (Fsp3) is 0.118. The lowest BCUT2D eigenvalue weighted by molar-refractivity contribution is 0.0943. The highest BCUT2D eigenvalue weighted by Crippen LogP contribution is 2.18. The number of furan rings is 1. The maximum absolute atomic E-state index is 12.1. The minimum atomic E-state index is -0.281. The molecule has 0 spiro atoms. The number of rotatable bonds is 5. The van der Waals surface area contributed by atoms with Crippen LogP contribution in [0.15, 0.2) is 59.5 Å². The standard InChI is InChI=1S/C17H16N4O2/c1-12-5-2-3-7-14(12)21-16-9-15(19-11-20-16)17(22)18-10-13-6-4-8-23-13/h2-9,11H,10H2,1H3,(H,18,22)(H,19,20,21). The average molecular weight is 308 g/mol. The molecule has 0 aliphatic carbocycles. The molecule has 0 aliphatic heterocycles. The summed E-state index contributed by atoms with van der Waals surface area (Å²) >= 11 is 0. The molecule has 3 rings (SSSR count). The second-order valence-corrected chi connectivity index (χ2v) is 4.99. The fourth-order valence-electron chi connectivity index (χ4n) is 2.07. The van der Waals surface area contributed by atoms with Crippen molar-refractivity contribution in [3.8, 4) is 0 Å². The third kappa shape index (κ3) is 3.74. The molecule has 6 heteroatoms.